The van der Waals surface area contributed by atoms with Crippen LogP contribution in [0, 0.1) is 11.3 Å². The second-order valence-electron chi connectivity index (χ2n) is 4.56. The van der Waals surface area contributed by atoms with Gasteiger partial charge in [0.2, 0.25) is 5.91 Å². The first kappa shape index (κ1) is 16.2. The summed E-state index contributed by atoms with van der Waals surface area (Å²) < 4.78 is 23.5. The zero-order chi connectivity index (χ0) is 15.2. The number of benzene rings is 1. The first-order valence-corrected chi connectivity index (χ1v) is 8.02. The van der Waals surface area contributed by atoms with Crippen molar-refractivity contribution < 1.29 is 13.2 Å². The fourth-order valence-corrected chi connectivity index (χ4v) is 2.66. The Kier molecular flexibility index (Phi) is 5.71. The maximum atomic E-state index is 11.8. The number of amides is 1. The van der Waals surface area contributed by atoms with Gasteiger partial charge in [0, 0.05) is 6.04 Å². The molecule has 108 valence electrons. The largest absolute Gasteiger partial charge is 0.352 e. The lowest BCUT2D eigenvalue weighted by Gasteiger charge is -2.10. The fraction of sp³-hybridized carbons (Fsp3) is 0.429. The molecule has 1 aromatic rings. The number of rotatable bonds is 6. The molecule has 0 fully saturated rings. The van der Waals surface area contributed by atoms with Gasteiger partial charge in [0.05, 0.1) is 29.6 Å². The Hall–Kier alpha value is -1.87. The molecule has 0 saturated heterocycles. The van der Waals surface area contributed by atoms with Gasteiger partial charge in [-0.3, -0.25) is 4.79 Å². The Balaban J connectivity index is 2.77. The molecule has 1 amide bonds. The summed E-state index contributed by atoms with van der Waals surface area (Å²) in [6.07, 6.45) is 0.346. The van der Waals surface area contributed by atoms with E-state index in [0.29, 0.717) is 5.56 Å². The quantitative estimate of drug-likeness (QED) is 0.860. The van der Waals surface area contributed by atoms with Crippen LogP contribution in [0.25, 0.3) is 0 Å². The van der Waals surface area contributed by atoms with Gasteiger partial charge < -0.3 is 5.32 Å². The number of carbonyl (C=O) groups is 1. The summed E-state index contributed by atoms with van der Waals surface area (Å²) >= 11 is 0. The van der Waals surface area contributed by atoms with Crippen molar-refractivity contribution in [1.82, 2.24) is 5.32 Å². The SMILES string of the molecule is CCS(=O)(=O)c1cccc(CC(=O)NC(C)CC#N)c1. The Bertz CT molecular complexity index is 618. The highest BCUT2D eigenvalue weighted by molar-refractivity contribution is 7.91. The molecule has 5 nitrogen and oxygen atoms in total. The van der Waals surface area contributed by atoms with E-state index in [-0.39, 0.29) is 35.4 Å². The van der Waals surface area contributed by atoms with Crippen LogP contribution in [0.4, 0.5) is 0 Å². The average Bonchev–Trinajstić information content (AvgIpc) is 2.39. The van der Waals surface area contributed by atoms with Crippen molar-refractivity contribution in [3.8, 4) is 6.07 Å². The van der Waals surface area contributed by atoms with Crippen LogP contribution in [-0.2, 0) is 21.1 Å². The standard InChI is InChI=1S/C14H18N2O3S/c1-3-20(18,19)13-6-4-5-12(9-13)10-14(17)16-11(2)7-8-15/h4-6,9,11H,3,7,10H2,1-2H3,(H,16,17). The third kappa shape index (κ3) is 4.67. The summed E-state index contributed by atoms with van der Waals surface area (Å²) in [7, 11) is -3.26. The lowest BCUT2D eigenvalue weighted by Crippen LogP contribution is -2.33. The van der Waals surface area contributed by atoms with Crippen LogP contribution in [0.3, 0.4) is 0 Å². The lowest BCUT2D eigenvalue weighted by atomic mass is 10.1. The number of nitriles is 1. The smallest absolute Gasteiger partial charge is 0.224 e. The maximum absolute atomic E-state index is 11.8. The summed E-state index contributed by atoms with van der Waals surface area (Å²) in [6, 6.07) is 8.15. The molecule has 1 unspecified atom stereocenters. The van der Waals surface area contributed by atoms with Crippen LogP contribution in [0.5, 0.6) is 0 Å². The zero-order valence-corrected chi connectivity index (χ0v) is 12.4. The van der Waals surface area contributed by atoms with Crippen LogP contribution >= 0.6 is 0 Å². The molecule has 0 radical (unpaired) electrons. The minimum atomic E-state index is -3.26. The van der Waals surface area contributed by atoms with Crippen molar-refractivity contribution in [2.45, 2.75) is 37.6 Å². The second kappa shape index (κ2) is 7.06. The topological polar surface area (TPSA) is 87.0 Å². The highest BCUT2D eigenvalue weighted by atomic mass is 32.2. The Labute approximate surface area is 119 Å². The van der Waals surface area contributed by atoms with Crippen molar-refractivity contribution >= 4 is 15.7 Å². The lowest BCUT2D eigenvalue weighted by molar-refractivity contribution is -0.121. The van der Waals surface area contributed by atoms with Crippen LogP contribution in [0.15, 0.2) is 29.2 Å². The van der Waals surface area contributed by atoms with Gasteiger partial charge in [0.15, 0.2) is 9.84 Å². The summed E-state index contributed by atoms with van der Waals surface area (Å²) in [5.41, 5.74) is 0.640. The van der Waals surface area contributed by atoms with E-state index in [9.17, 15) is 13.2 Å². The number of nitrogens with zero attached hydrogens (tertiary/aromatic N) is 1. The molecule has 1 atom stereocenters. The van der Waals surface area contributed by atoms with Crippen LogP contribution in [0.2, 0.25) is 0 Å². The molecule has 0 heterocycles. The summed E-state index contributed by atoms with van der Waals surface area (Å²) in [6.45, 7) is 3.33. The van der Waals surface area contributed by atoms with E-state index in [1.54, 1.807) is 26.0 Å². The maximum Gasteiger partial charge on any atom is 0.224 e. The van der Waals surface area contributed by atoms with Crippen molar-refractivity contribution in [2.75, 3.05) is 5.75 Å². The predicted octanol–water partition coefficient (Wildman–Crippen LogP) is 1.44. The highest BCUT2D eigenvalue weighted by Crippen LogP contribution is 2.13. The van der Waals surface area contributed by atoms with Gasteiger partial charge in [-0.15, -0.1) is 0 Å². The molecule has 1 aromatic carbocycles. The molecular formula is C14H18N2O3S. The van der Waals surface area contributed by atoms with Crippen LogP contribution < -0.4 is 5.32 Å². The number of carbonyl (C=O) groups excluding carboxylic acids is 1. The van der Waals surface area contributed by atoms with Crippen molar-refractivity contribution in [3.63, 3.8) is 0 Å². The number of hydrogen-bond acceptors (Lipinski definition) is 4. The highest BCUT2D eigenvalue weighted by Gasteiger charge is 2.13. The molecule has 0 aliphatic rings. The molecule has 0 aliphatic carbocycles. The normalized spacial score (nSPS) is 12.4. The molecule has 0 aromatic heterocycles. The van der Waals surface area contributed by atoms with Crippen molar-refractivity contribution in [1.29, 1.82) is 5.26 Å². The van der Waals surface area contributed by atoms with Gasteiger partial charge >= 0.3 is 0 Å². The third-order valence-corrected chi connectivity index (χ3v) is 4.54. The molecule has 0 bridgehead atoms. The monoisotopic (exact) mass is 294 g/mol. The minimum Gasteiger partial charge on any atom is -0.352 e. The van der Waals surface area contributed by atoms with Gasteiger partial charge in [-0.1, -0.05) is 19.1 Å². The molecule has 20 heavy (non-hydrogen) atoms. The summed E-state index contributed by atoms with van der Waals surface area (Å²) in [5, 5.41) is 11.2. The van der Waals surface area contributed by atoms with Gasteiger partial charge in [-0.2, -0.15) is 5.26 Å². The molecule has 0 spiro atoms. The predicted molar refractivity (Wildman–Crippen MR) is 75.7 cm³/mol. The minimum absolute atomic E-state index is 0.0296. The first-order valence-electron chi connectivity index (χ1n) is 6.37. The number of nitrogens with one attached hydrogen (secondary N) is 1. The van der Waals surface area contributed by atoms with E-state index < -0.39 is 9.84 Å². The van der Waals surface area contributed by atoms with Crippen molar-refractivity contribution in [2.24, 2.45) is 0 Å². The van der Waals surface area contributed by atoms with Crippen LogP contribution in [0.1, 0.15) is 25.8 Å². The van der Waals surface area contributed by atoms with E-state index in [0.717, 1.165) is 0 Å². The van der Waals surface area contributed by atoms with E-state index in [1.165, 1.54) is 12.1 Å². The zero-order valence-electron chi connectivity index (χ0n) is 11.6. The molecular weight excluding hydrogens is 276 g/mol. The number of sulfone groups is 1. The third-order valence-electron chi connectivity index (χ3n) is 2.81. The van der Waals surface area contributed by atoms with Crippen LogP contribution in [-0.4, -0.2) is 26.1 Å². The molecule has 0 saturated carbocycles. The molecule has 0 aliphatic heterocycles. The summed E-state index contributed by atoms with van der Waals surface area (Å²) in [5.74, 6) is -0.194. The second-order valence-corrected chi connectivity index (χ2v) is 6.84. The average molecular weight is 294 g/mol. The van der Waals surface area contributed by atoms with E-state index in [1.807, 2.05) is 6.07 Å². The Morgan fingerprint density at radius 1 is 1.45 bits per heavy atom. The van der Waals surface area contributed by atoms with Crippen molar-refractivity contribution in [3.05, 3.63) is 29.8 Å². The Morgan fingerprint density at radius 2 is 2.15 bits per heavy atom. The van der Waals surface area contributed by atoms with E-state index >= 15 is 0 Å². The van der Waals surface area contributed by atoms with E-state index in [2.05, 4.69) is 5.32 Å². The molecule has 1 N–H and O–H groups in total. The van der Waals surface area contributed by atoms with Gasteiger partial charge in [0.1, 0.15) is 0 Å². The number of hydrogen-bond donors (Lipinski definition) is 1. The van der Waals surface area contributed by atoms with Gasteiger partial charge in [-0.25, -0.2) is 8.42 Å². The Morgan fingerprint density at radius 3 is 2.75 bits per heavy atom. The van der Waals surface area contributed by atoms with E-state index in [4.69, 9.17) is 5.26 Å². The molecule has 1 rings (SSSR count). The first-order chi connectivity index (χ1) is 9.39. The van der Waals surface area contributed by atoms with Gasteiger partial charge in [0.25, 0.3) is 0 Å². The summed E-state index contributed by atoms with van der Waals surface area (Å²) in [4.78, 5) is 12.0. The fourth-order valence-electron chi connectivity index (χ4n) is 1.71. The van der Waals surface area contributed by atoms with Gasteiger partial charge in [-0.05, 0) is 24.6 Å². The molecule has 6 heteroatoms.